The molecule has 5 unspecified atom stereocenters. The first kappa shape index (κ1) is 40.8. The number of hydrogen-bond acceptors (Lipinski definition) is 9. The molecule has 1 aromatic heterocycles. The molecule has 4 heterocycles. The van der Waals surface area contributed by atoms with Gasteiger partial charge in [-0.15, -0.1) is 0 Å². The van der Waals surface area contributed by atoms with E-state index in [0.29, 0.717) is 61.4 Å². The van der Waals surface area contributed by atoms with Crippen LogP contribution < -0.4 is 20.1 Å². The number of benzene rings is 1. The minimum atomic E-state index is -4.06. The normalized spacial score (nSPS) is 28.8. The molecule has 3 N–H and O–H groups in total. The van der Waals surface area contributed by atoms with Gasteiger partial charge >= 0.3 is 6.09 Å². The molecular weight excluding hydrogens is 761 g/mol. The van der Waals surface area contributed by atoms with Crippen LogP contribution in [-0.4, -0.2) is 83.2 Å². The number of amides is 4. The third kappa shape index (κ3) is 8.07. The smallest absolute Gasteiger partial charge is 0.407 e. The summed E-state index contributed by atoms with van der Waals surface area (Å²) >= 11 is 0. The van der Waals surface area contributed by atoms with Crippen molar-refractivity contribution in [1.29, 1.82) is 0 Å². The number of pyridine rings is 1. The molecule has 57 heavy (non-hydrogen) atoms. The predicted octanol–water partition coefficient (Wildman–Crippen LogP) is 5.76. The van der Waals surface area contributed by atoms with Crippen LogP contribution >= 0.6 is 0 Å². The van der Waals surface area contributed by atoms with E-state index in [4.69, 9.17) is 9.47 Å². The van der Waals surface area contributed by atoms with Crippen molar-refractivity contribution in [3.8, 4) is 5.75 Å². The summed E-state index contributed by atoms with van der Waals surface area (Å²) in [5, 5.41) is 6.31. The number of para-hydroxylation sites is 1. The molecule has 2 saturated carbocycles. The molecule has 2 aromatic rings. The Bertz CT molecular complexity index is 2090. The maximum Gasteiger partial charge on any atom is 0.407 e. The van der Waals surface area contributed by atoms with Crippen molar-refractivity contribution in [2.75, 3.05) is 13.2 Å². The second-order valence-electron chi connectivity index (χ2n) is 18.0. The lowest BCUT2D eigenvalue weighted by atomic mass is 9.65. The van der Waals surface area contributed by atoms with Gasteiger partial charge in [-0.3, -0.25) is 19.1 Å². The monoisotopic (exact) mass is 813 g/mol. The van der Waals surface area contributed by atoms with Crippen molar-refractivity contribution in [1.82, 2.24) is 25.2 Å². The topological polar surface area (TPSA) is 173 Å². The van der Waals surface area contributed by atoms with Crippen molar-refractivity contribution in [2.24, 2.45) is 11.3 Å². The number of ether oxygens (including phenoxy) is 2. The highest BCUT2D eigenvalue weighted by molar-refractivity contribution is 7.91. The Kier molecular flexibility index (Phi) is 10.8. The highest BCUT2D eigenvalue weighted by Gasteiger charge is 2.59. The number of carbonyl (C=O) groups excluding carboxylic acids is 4. The minimum Gasteiger partial charge on any atom is -0.483 e. The Balaban J connectivity index is 1.25. The van der Waals surface area contributed by atoms with Crippen LogP contribution in [0.4, 0.5) is 13.6 Å². The van der Waals surface area contributed by atoms with Crippen LogP contribution in [0, 0.1) is 11.3 Å². The molecule has 0 radical (unpaired) electrons. The van der Waals surface area contributed by atoms with Crippen LogP contribution in [0.5, 0.6) is 5.75 Å². The summed E-state index contributed by atoms with van der Waals surface area (Å²) in [6.45, 7) is 7.18. The summed E-state index contributed by atoms with van der Waals surface area (Å²) in [6, 6.07) is 4.59. The summed E-state index contributed by atoms with van der Waals surface area (Å²) in [4.78, 5) is 62.4. The molecule has 4 amide bonds. The maximum absolute atomic E-state index is 14.8. The number of nitrogens with zero attached hydrogens (tertiary/aromatic N) is 2. The first-order valence-corrected chi connectivity index (χ1v) is 21.5. The molecule has 0 bridgehead atoms. The second-order valence-corrected chi connectivity index (χ2v) is 20.2. The van der Waals surface area contributed by atoms with Crippen molar-refractivity contribution in [2.45, 2.75) is 139 Å². The molecule has 16 heteroatoms. The number of alkyl carbamates (subject to hydrolysis) is 1. The molecule has 2 aliphatic carbocycles. The van der Waals surface area contributed by atoms with E-state index < -0.39 is 79.8 Å². The molecule has 5 aliphatic rings. The number of rotatable bonds is 6. The van der Waals surface area contributed by atoms with E-state index in [-0.39, 0.29) is 50.0 Å². The van der Waals surface area contributed by atoms with Crippen LogP contribution in [0.1, 0.15) is 116 Å². The molecule has 13 nitrogen and oxygen atoms in total. The van der Waals surface area contributed by atoms with Crippen LogP contribution in [0.25, 0.3) is 10.9 Å². The Morgan fingerprint density at radius 1 is 1.09 bits per heavy atom. The summed E-state index contributed by atoms with van der Waals surface area (Å²) in [6.07, 6.45) is 4.85. The molecular formula is C41H53F2N5O8S. The van der Waals surface area contributed by atoms with E-state index in [2.05, 4.69) is 20.3 Å². The molecule has 1 aromatic carbocycles. The zero-order chi connectivity index (χ0) is 41.0. The Morgan fingerprint density at radius 3 is 2.53 bits per heavy atom. The van der Waals surface area contributed by atoms with E-state index in [1.54, 1.807) is 31.2 Å². The third-order valence-electron chi connectivity index (χ3n) is 12.3. The fourth-order valence-corrected chi connectivity index (χ4v) is 9.80. The van der Waals surface area contributed by atoms with Gasteiger partial charge in [0, 0.05) is 23.3 Å². The molecule has 7 rings (SSSR count). The average Bonchev–Trinajstić information content (AvgIpc) is 3.81. The minimum absolute atomic E-state index is 0.0789. The van der Waals surface area contributed by atoms with E-state index in [1.165, 1.54) is 4.90 Å². The quantitative estimate of drug-likeness (QED) is 0.307. The SMILES string of the molecule is CC(C)(C)COC(=O)NC1CCCCCC=CC2CCC2(C(=O)NS(=O)(=O)C2(C)CC2)NC(=O)C2CC3(CCc4c(c(C(F)F)nc5ccccc45)O3)CN2C1=O. The number of halogens is 2. The first-order chi connectivity index (χ1) is 26.9. The van der Waals surface area contributed by atoms with Gasteiger partial charge in [0.15, 0.2) is 5.75 Å². The van der Waals surface area contributed by atoms with Crippen molar-refractivity contribution >= 4 is 44.7 Å². The third-order valence-corrected chi connectivity index (χ3v) is 14.5. The van der Waals surface area contributed by atoms with Gasteiger partial charge in [-0.05, 0) is 76.2 Å². The number of nitrogens with one attached hydrogen (secondary N) is 3. The van der Waals surface area contributed by atoms with Gasteiger partial charge in [0.25, 0.3) is 12.3 Å². The standard InChI is InChI=1S/C41H53F2N5O8S/c1-38(2,3)24-55-37(52)45-29-15-9-7-5-6-8-12-25-16-19-41(25,36(51)47-57(53,54)39(4)20-21-39)46-34(49)30-22-40(23-48(30)35(29)50)18-17-27-26-13-10-11-14-28(26)44-31(33(42)43)32(27)56-40/h8,10-14,25,29-30,33H,5-7,9,15-24H2,1-4H3,(H,45,52)(H,46,49)(H,47,51). The molecule has 1 spiro atoms. The molecule has 310 valence electrons. The number of carbonyl (C=O) groups is 4. The van der Waals surface area contributed by atoms with Crippen molar-refractivity contribution < 1.29 is 45.9 Å². The number of hydrogen-bond donors (Lipinski definition) is 3. The Labute approximate surface area is 332 Å². The number of aryl methyl sites for hydroxylation is 1. The van der Waals surface area contributed by atoms with Crippen molar-refractivity contribution in [3.05, 3.63) is 47.7 Å². The van der Waals surface area contributed by atoms with Gasteiger partial charge in [-0.1, -0.05) is 64.0 Å². The van der Waals surface area contributed by atoms with Crippen LogP contribution in [0.15, 0.2) is 36.4 Å². The Hall–Kier alpha value is -4.34. The fourth-order valence-electron chi connectivity index (χ4n) is 8.49. The highest BCUT2D eigenvalue weighted by Crippen LogP contribution is 2.48. The Morgan fingerprint density at radius 2 is 1.84 bits per heavy atom. The van der Waals surface area contributed by atoms with Gasteiger partial charge in [-0.2, -0.15) is 0 Å². The van der Waals surface area contributed by atoms with E-state index in [1.807, 2.05) is 32.9 Å². The lowest BCUT2D eigenvalue weighted by Crippen LogP contribution is -2.70. The zero-order valence-electron chi connectivity index (χ0n) is 33.0. The first-order valence-electron chi connectivity index (χ1n) is 20.0. The molecule has 3 aliphatic heterocycles. The van der Waals surface area contributed by atoms with Gasteiger partial charge in [-0.25, -0.2) is 27.0 Å². The fraction of sp³-hybridized carbons (Fsp3) is 0.634. The number of alkyl halides is 2. The van der Waals surface area contributed by atoms with Crippen molar-refractivity contribution in [3.63, 3.8) is 0 Å². The average molecular weight is 814 g/mol. The molecule has 1 saturated heterocycles. The lowest BCUT2D eigenvalue weighted by molar-refractivity contribution is -0.144. The summed E-state index contributed by atoms with van der Waals surface area (Å²) in [5.74, 6) is -2.74. The maximum atomic E-state index is 14.8. The predicted molar refractivity (Wildman–Crippen MR) is 207 cm³/mol. The molecule has 3 fully saturated rings. The highest BCUT2D eigenvalue weighted by atomic mass is 32.2. The van der Waals surface area contributed by atoms with Gasteiger partial charge < -0.3 is 25.0 Å². The lowest BCUT2D eigenvalue weighted by Gasteiger charge is -2.48. The summed E-state index contributed by atoms with van der Waals surface area (Å²) < 4.78 is 69.1. The number of fused-ring (bicyclic) bond motifs is 5. The number of allylic oxidation sites excluding steroid dienone is 1. The molecule has 5 atom stereocenters. The van der Waals surface area contributed by atoms with Gasteiger partial charge in [0.2, 0.25) is 21.8 Å². The zero-order valence-corrected chi connectivity index (χ0v) is 33.8. The second kappa shape index (κ2) is 15.1. The summed E-state index contributed by atoms with van der Waals surface area (Å²) in [5.41, 5.74) is -2.85. The van der Waals surface area contributed by atoms with E-state index in [0.717, 1.165) is 6.42 Å². The van der Waals surface area contributed by atoms with Gasteiger partial charge in [0.05, 0.1) is 23.4 Å². The van der Waals surface area contributed by atoms with Crippen LogP contribution in [0.2, 0.25) is 0 Å². The number of aromatic nitrogens is 1. The van der Waals surface area contributed by atoms with Gasteiger partial charge in [0.1, 0.15) is 28.9 Å². The van der Waals surface area contributed by atoms with Crippen LogP contribution in [-0.2, 0) is 35.6 Å². The largest absolute Gasteiger partial charge is 0.483 e. The van der Waals surface area contributed by atoms with E-state index in [9.17, 15) is 36.4 Å². The van der Waals surface area contributed by atoms with E-state index >= 15 is 0 Å². The number of sulfonamides is 1. The van der Waals surface area contributed by atoms with Crippen LogP contribution in [0.3, 0.4) is 0 Å². The summed E-state index contributed by atoms with van der Waals surface area (Å²) in [7, 11) is -4.06.